The molecular weight excluding hydrogens is 471 g/mol. The SMILES string of the molecule is O=C1NC(=O)c2ccc(I)cc2/C1=C\NCc1cc(O)ccc1-c1ccco1. The molecule has 28 heavy (non-hydrogen) atoms. The molecule has 1 aliphatic heterocycles. The molecule has 0 radical (unpaired) electrons. The van der Waals surface area contributed by atoms with E-state index in [2.05, 4.69) is 33.2 Å². The number of hydrogen-bond donors (Lipinski definition) is 3. The fourth-order valence-corrected chi connectivity index (χ4v) is 3.59. The van der Waals surface area contributed by atoms with Crippen LogP contribution in [0.3, 0.4) is 0 Å². The maximum atomic E-state index is 12.3. The topological polar surface area (TPSA) is 91.6 Å². The quantitative estimate of drug-likeness (QED) is 0.298. The summed E-state index contributed by atoms with van der Waals surface area (Å²) in [5, 5.41) is 15.3. The molecule has 2 heterocycles. The first-order chi connectivity index (χ1) is 13.5. The second kappa shape index (κ2) is 7.51. The molecule has 0 spiro atoms. The minimum atomic E-state index is -0.450. The molecule has 0 saturated heterocycles. The normalized spacial score (nSPS) is 14.7. The van der Waals surface area contributed by atoms with Crippen molar-refractivity contribution in [3.05, 3.63) is 81.3 Å². The zero-order valence-electron chi connectivity index (χ0n) is 14.5. The highest BCUT2D eigenvalue weighted by molar-refractivity contribution is 14.1. The summed E-state index contributed by atoms with van der Waals surface area (Å²) < 4.78 is 6.39. The van der Waals surface area contributed by atoms with Crippen molar-refractivity contribution in [2.45, 2.75) is 6.54 Å². The predicted octanol–water partition coefficient (Wildman–Crippen LogP) is 3.66. The lowest BCUT2D eigenvalue weighted by Gasteiger charge is -2.19. The van der Waals surface area contributed by atoms with E-state index < -0.39 is 11.8 Å². The van der Waals surface area contributed by atoms with Gasteiger partial charge in [-0.1, -0.05) is 0 Å². The van der Waals surface area contributed by atoms with E-state index in [1.807, 2.05) is 18.2 Å². The summed E-state index contributed by atoms with van der Waals surface area (Å²) in [4.78, 5) is 24.4. The van der Waals surface area contributed by atoms with Crippen LogP contribution in [0.4, 0.5) is 0 Å². The van der Waals surface area contributed by atoms with Crippen molar-refractivity contribution >= 4 is 40.0 Å². The zero-order valence-corrected chi connectivity index (χ0v) is 16.7. The van der Waals surface area contributed by atoms with E-state index in [0.29, 0.717) is 29.0 Å². The van der Waals surface area contributed by atoms with Gasteiger partial charge in [0.05, 0.1) is 11.8 Å². The number of amides is 2. The molecule has 2 amide bonds. The largest absolute Gasteiger partial charge is 0.508 e. The van der Waals surface area contributed by atoms with Crippen molar-refractivity contribution in [3.8, 4) is 17.1 Å². The molecule has 0 atom stereocenters. The maximum absolute atomic E-state index is 12.3. The summed E-state index contributed by atoms with van der Waals surface area (Å²) >= 11 is 2.14. The fraction of sp³-hybridized carbons (Fsp3) is 0.0476. The van der Waals surface area contributed by atoms with Crippen LogP contribution in [0.5, 0.6) is 5.75 Å². The van der Waals surface area contributed by atoms with Gasteiger partial charge >= 0.3 is 0 Å². The molecule has 140 valence electrons. The van der Waals surface area contributed by atoms with E-state index in [1.54, 1.807) is 42.8 Å². The number of imide groups is 1. The average molecular weight is 486 g/mol. The zero-order chi connectivity index (χ0) is 19.7. The number of carbonyl (C=O) groups is 2. The number of fused-ring (bicyclic) bond motifs is 1. The Morgan fingerprint density at radius 3 is 2.64 bits per heavy atom. The van der Waals surface area contributed by atoms with E-state index >= 15 is 0 Å². The third-order valence-corrected chi connectivity index (χ3v) is 5.07. The van der Waals surface area contributed by atoms with Crippen LogP contribution in [0.2, 0.25) is 0 Å². The summed E-state index contributed by atoms with van der Waals surface area (Å²) in [6.45, 7) is 0.356. The predicted molar refractivity (Wildman–Crippen MR) is 112 cm³/mol. The van der Waals surface area contributed by atoms with E-state index in [4.69, 9.17) is 4.42 Å². The highest BCUT2D eigenvalue weighted by Gasteiger charge is 2.27. The van der Waals surface area contributed by atoms with E-state index in [9.17, 15) is 14.7 Å². The number of phenols is 1. The lowest BCUT2D eigenvalue weighted by molar-refractivity contribution is -0.114. The van der Waals surface area contributed by atoms with Gasteiger partial charge in [0, 0.05) is 33.0 Å². The van der Waals surface area contributed by atoms with Crippen molar-refractivity contribution in [2.24, 2.45) is 0 Å². The maximum Gasteiger partial charge on any atom is 0.260 e. The first kappa shape index (κ1) is 18.3. The van der Waals surface area contributed by atoms with Crippen molar-refractivity contribution in [1.29, 1.82) is 0 Å². The Bertz CT molecular complexity index is 1100. The highest BCUT2D eigenvalue weighted by Crippen LogP contribution is 2.28. The van der Waals surface area contributed by atoms with Crippen LogP contribution in [-0.4, -0.2) is 16.9 Å². The second-order valence-corrected chi connectivity index (χ2v) is 7.48. The molecule has 3 N–H and O–H groups in total. The molecule has 1 aliphatic rings. The Kier molecular flexibility index (Phi) is 4.91. The van der Waals surface area contributed by atoms with E-state index in [0.717, 1.165) is 14.7 Å². The first-order valence-corrected chi connectivity index (χ1v) is 9.56. The summed E-state index contributed by atoms with van der Waals surface area (Å²) in [5.74, 6) is -0.0261. The molecule has 0 fully saturated rings. The van der Waals surface area contributed by atoms with Crippen molar-refractivity contribution in [1.82, 2.24) is 10.6 Å². The van der Waals surface area contributed by atoms with Crippen LogP contribution in [0.25, 0.3) is 16.9 Å². The van der Waals surface area contributed by atoms with Crippen molar-refractivity contribution in [2.75, 3.05) is 0 Å². The second-order valence-electron chi connectivity index (χ2n) is 6.23. The Balaban J connectivity index is 1.64. The van der Waals surface area contributed by atoms with Gasteiger partial charge in [0.25, 0.3) is 11.8 Å². The highest BCUT2D eigenvalue weighted by atomic mass is 127. The molecule has 2 aromatic carbocycles. The third-order valence-electron chi connectivity index (χ3n) is 4.40. The fourth-order valence-electron chi connectivity index (χ4n) is 3.10. The van der Waals surface area contributed by atoms with Crippen LogP contribution in [0.15, 0.2) is 65.4 Å². The summed E-state index contributed by atoms with van der Waals surface area (Å²) in [6.07, 6.45) is 3.18. The van der Waals surface area contributed by atoms with Gasteiger partial charge < -0.3 is 14.8 Å². The monoisotopic (exact) mass is 486 g/mol. The average Bonchev–Trinajstić information content (AvgIpc) is 3.18. The molecule has 3 aromatic rings. The Morgan fingerprint density at radius 2 is 1.86 bits per heavy atom. The molecule has 0 aliphatic carbocycles. The number of halogens is 1. The minimum absolute atomic E-state index is 0.140. The molecule has 0 bridgehead atoms. The lowest BCUT2D eigenvalue weighted by Crippen LogP contribution is -2.37. The van der Waals surface area contributed by atoms with Gasteiger partial charge in [-0.15, -0.1) is 0 Å². The van der Waals surface area contributed by atoms with Crippen LogP contribution in [0.1, 0.15) is 21.5 Å². The number of phenolic OH excluding ortho intramolecular Hbond substituents is 1. The van der Waals surface area contributed by atoms with Gasteiger partial charge in [-0.05, 0) is 76.7 Å². The van der Waals surface area contributed by atoms with Crippen LogP contribution >= 0.6 is 22.6 Å². The van der Waals surface area contributed by atoms with Gasteiger partial charge in [0.1, 0.15) is 11.5 Å². The molecule has 6 nitrogen and oxygen atoms in total. The van der Waals surface area contributed by atoms with Gasteiger partial charge in [0.15, 0.2) is 0 Å². The molecule has 7 heteroatoms. The van der Waals surface area contributed by atoms with Crippen LogP contribution in [0, 0.1) is 3.57 Å². The summed E-state index contributed by atoms with van der Waals surface area (Å²) in [5.41, 5.74) is 3.08. The minimum Gasteiger partial charge on any atom is -0.508 e. The number of furan rings is 1. The number of rotatable bonds is 4. The molecule has 1 aromatic heterocycles. The Morgan fingerprint density at radius 1 is 1.04 bits per heavy atom. The van der Waals surface area contributed by atoms with Gasteiger partial charge in [-0.25, -0.2) is 0 Å². The summed E-state index contributed by atoms with van der Waals surface area (Å²) in [7, 11) is 0. The molecule has 0 saturated carbocycles. The van der Waals surface area contributed by atoms with Crippen molar-refractivity contribution in [3.63, 3.8) is 0 Å². The van der Waals surface area contributed by atoms with Crippen LogP contribution < -0.4 is 10.6 Å². The molecular formula is C21H15IN2O4. The molecule has 0 unspecified atom stereocenters. The van der Waals surface area contributed by atoms with Gasteiger partial charge in [0.2, 0.25) is 0 Å². The smallest absolute Gasteiger partial charge is 0.260 e. The van der Waals surface area contributed by atoms with Crippen molar-refractivity contribution < 1.29 is 19.1 Å². The number of hydrogen-bond acceptors (Lipinski definition) is 5. The number of nitrogens with one attached hydrogen (secondary N) is 2. The molecule has 4 rings (SSSR count). The third kappa shape index (κ3) is 3.53. The Labute approximate surface area is 174 Å². The van der Waals surface area contributed by atoms with E-state index in [-0.39, 0.29) is 5.75 Å². The lowest BCUT2D eigenvalue weighted by atomic mass is 9.95. The number of carbonyl (C=O) groups excluding carboxylic acids is 2. The number of aromatic hydroxyl groups is 1. The first-order valence-electron chi connectivity index (χ1n) is 8.48. The van der Waals surface area contributed by atoms with Crippen LogP contribution in [-0.2, 0) is 11.3 Å². The summed E-state index contributed by atoms with van der Waals surface area (Å²) in [6, 6.07) is 14.0. The van der Waals surface area contributed by atoms with E-state index in [1.165, 1.54) is 0 Å². The Hall–Kier alpha value is -3.07. The van der Waals surface area contributed by atoms with Gasteiger partial charge in [-0.2, -0.15) is 0 Å². The standard InChI is InChI=1S/C21H15IN2O4/c22-13-3-5-16-17(9-13)18(21(27)24-20(16)26)11-23-10-12-8-14(25)4-6-15(12)19-2-1-7-28-19/h1-9,11,23,25H,10H2,(H,24,26,27)/b18-11+. The number of benzene rings is 2. The van der Waals surface area contributed by atoms with Gasteiger partial charge in [-0.3, -0.25) is 14.9 Å².